The predicted molar refractivity (Wildman–Crippen MR) is 109 cm³/mol. The van der Waals surface area contributed by atoms with Crippen molar-refractivity contribution in [3.63, 3.8) is 0 Å². The van der Waals surface area contributed by atoms with Crippen molar-refractivity contribution in [3.05, 3.63) is 70.4 Å². The molecule has 1 aromatic carbocycles. The molecule has 0 aliphatic carbocycles. The lowest BCUT2D eigenvalue weighted by atomic mass is 10.2. The standard InChI is InChI=1S/C21H18N6O2/c1-3-14-10-17-26(20(28)13-8-6-5-7-9-13)18-15-12-23-25(4-2)19(15)22-11-16(18)21(29)27(17)24-14/h5-12H,3-4H2,1-2H3. The second-order valence-electron chi connectivity index (χ2n) is 6.79. The number of pyridine rings is 1. The second-order valence-corrected chi connectivity index (χ2v) is 6.79. The van der Waals surface area contributed by atoms with Gasteiger partial charge < -0.3 is 0 Å². The molecule has 29 heavy (non-hydrogen) atoms. The lowest BCUT2D eigenvalue weighted by molar-refractivity contribution is 0.0968. The monoisotopic (exact) mass is 386 g/mol. The SMILES string of the molecule is CCc1cc2n(C(=O)c3ccccc3)c3c(cnc4c3cnn4CC)c(=O)n2n1. The number of hydrogen-bond donors (Lipinski definition) is 0. The van der Waals surface area contributed by atoms with Gasteiger partial charge in [-0.25, -0.2) is 9.67 Å². The van der Waals surface area contributed by atoms with Crippen LogP contribution in [-0.4, -0.2) is 34.9 Å². The Morgan fingerprint density at radius 3 is 2.59 bits per heavy atom. The number of carbonyl (C=O) groups is 1. The molecule has 0 fully saturated rings. The maximum atomic E-state index is 13.6. The van der Waals surface area contributed by atoms with Crippen LogP contribution >= 0.6 is 0 Å². The zero-order valence-corrected chi connectivity index (χ0v) is 16.0. The molecule has 4 aromatic heterocycles. The Morgan fingerprint density at radius 1 is 1.07 bits per heavy atom. The van der Waals surface area contributed by atoms with Gasteiger partial charge in [-0.2, -0.15) is 14.7 Å². The van der Waals surface area contributed by atoms with E-state index in [1.165, 1.54) is 10.7 Å². The summed E-state index contributed by atoms with van der Waals surface area (Å²) in [4.78, 5) is 31.2. The first-order valence-electron chi connectivity index (χ1n) is 9.51. The highest BCUT2D eigenvalue weighted by molar-refractivity contribution is 6.11. The largest absolute Gasteiger partial charge is 0.283 e. The summed E-state index contributed by atoms with van der Waals surface area (Å²) in [7, 11) is 0. The average Bonchev–Trinajstić information content (AvgIpc) is 3.38. The fourth-order valence-electron chi connectivity index (χ4n) is 3.69. The van der Waals surface area contributed by atoms with Crippen molar-refractivity contribution in [3.8, 4) is 0 Å². The van der Waals surface area contributed by atoms with Gasteiger partial charge in [-0.05, 0) is 25.5 Å². The van der Waals surface area contributed by atoms with E-state index in [2.05, 4.69) is 15.2 Å². The molecule has 0 aliphatic rings. The smallest absolute Gasteiger partial charge is 0.268 e. The van der Waals surface area contributed by atoms with Crippen LogP contribution in [0.4, 0.5) is 0 Å². The maximum absolute atomic E-state index is 13.6. The van der Waals surface area contributed by atoms with Gasteiger partial charge in [-0.3, -0.25) is 14.2 Å². The molecule has 5 rings (SSSR count). The molecule has 144 valence electrons. The molecule has 8 heteroatoms. The number of rotatable bonds is 3. The lowest BCUT2D eigenvalue weighted by Gasteiger charge is -2.12. The van der Waals surface area contributed by atoms with E-state index in [1.54, 1.807) is 33.6 Å². The van der Waals surface area contributed by atoms with Crippen LogP contribution in [-0.2, 0) is 13.0 Å². The first-order valence-corrected chi connectivity index (χ1v) is 9.51. The molecule has 0 unspecified atom stereocenters. The number of hydrogen-bond acceptors (Lipinski definition) is 5. The van der Waals surface area contributed by atoms with Gasteiger partial charge in [0.25, 0.3) is 11.5 Å². The zero-order valence-electron chi connectivity index (χ0n) is 16.0. The van der Waals surface area contributed by atoms with Crippen molar-refractivity contribution in [2.24, 2.45) is 0 Å². The highest BCUT2D eigenvalue weighted by Crippen LogP contribution is 2.25. The van der Waals surface area contributed by atoms with Gasteiger partial charge in [0, 0.05) is 24.4 Å². The Labute approximate surface area is 165 Å². The van der Waals surface area contributed by atoms with E-state index < -0.39 is 0 Å². The zero-order chi connectivity index (χ0) is 20.1. The number of aromatic nitrogens is 6. The summed E-state index contributed by atoms with van der Waals surface area (Å²) in [5.41, 5.74) is 2.53. The topological polar surface area (TPSA) is 87.1 Å². The number of fused-ring (bicyclic) bond motifs is 4. The van der Waals surface area contributed by atoms with E-state index in [1.807, 2.05) is 32.0 Å². The summed E-state index contributed by atoms with van der Waals surface area (Å²) in [5.74, 6) is -0.236. The summed E-state index contributed by atoms with van der Waals surface area (Å²) in [6.07, 6.45) is 3.82. The Bertz CT molecular complexity index is 1460. The molecule has 8 nitrogen and oxygen atoms in total. The summed E-state index contributed by atoms with van der Waals surface area (Å²) < 4.78 is 4.60. The van der Waals surface area contributed by atoms with E-state index in [-0.39, 0.29) is 11.5 Å². The maximum Gasteiger partial charge on any atom is 0.283 e. The van der Waals surface area contributed by atoms with E-state index in [4.69, 9.17) is 0 Å². The summed E-state index contributed by atoms with van der Waals surface area (Å²) in [5, 5.41) is 9.76. The number of carbonyl (C=O) groups excluding carboxylic acids is 1. The normalized spacial score (nSPS) is 11.7. The van der Waals surface area contributed by atoms with Crippen LogP contribution in [0.2, 0.25) is 0 Å². The van der Waals surface area contributed by atoms with Crippen LogP contribution < -0.4 is 5.56 Å². The van der Waals surface area contributed by atoms with Crippen molar-refractivity contribution in [2.45, 2.75) is 26.8 Å². The summed E-state index contributed by atoms with van der Waals surface area (Å²) in [6, 6.07) is 10.8. The molecule has 0 amide bonds. The summed E-state index contributed by atoms with van der Waals surface area (Å²) >= 11 is 0. The first kappa shape index (κ1) is 17.3. The van der Waals surface area contributed by atoms with Crippen molar-refractivity contribution in [2.75, 3.05) is 0 Å². The van der Waals surface area contributed by atoms with Crippen LogP contribution in [0.15, 0.2) is 53.6 Å². The fourth-order valence-corrected chi connectivity index (χ4v) is 3.69. The van der Waals surface area contributed by atoms with E-state index in [0.717, 1.165) is 5.69 Å². The fraction of sp³-hybridized carbons (Fsp3) is 0.190. The highest BCUT2D eigenvalue weighted by Gasteiger charge is 2.22. The second kappa shape index (κ2) is 6.37. The molecule has 0 spiro atoms. The van der Waals surface area contributed by atoms with Crippen LogP contribution in [0.5, 0.6) is 0 Å². The number of nitrogens with zero attached hydrogens (tertiary/aromatic N) is 6. The van der Waals surface area contributed by atoms with E-state index in [9.17, 15) is 9.59 Å². The molecule has 5 aromatic rings. The molecular weight excluding hydrogens is 368 g/mol. The van der Waals surface area contributed by atoms with Gasteiger partial charge in [0.2, 0.25) is 0 Å². The van der Waals surface area contributed by atoms with Gasteiger partial charge in [0.05, 0.1) is 28.2 Å². The Hall–Kier alpha value is -3.81. The minimum Gasteiger partial charge on any atom is -0.268 e. The van der Waals surface area contributed by atoms with Crippen molar-refractivity contribution in [1.29, 1.82) is 0 Å². The van der Waals surface area contributed by atoms with Crippen LogP contribution in [0.25, 0.3) is 27.6 Å². The van der Waals surface area contributed by atoms with Gasteiger partial charge in [-0.1, -0.05) is 25.1 Å². The Morgan fingerprint density at radius 2 is 1.86 bits per heavy atom. The number of benzene rings is 1. The minimum atomic E-state index is -0.300. The van der Waals surface area contributed by atoms with E-state index >= 15 is 0 Å². The quantitative estimate of drug-likeness (QED) is 0.476. The third-order valence-corrected chi connectivity index (χ3v) is 5.14. The Kier molecular flexibility index (Phi) is 3.80. The average molecular weight is 386 g/mol. The Balaban J connectivity index is 2.01. The van der Waals surface area contributed by atoms with Gasteiger partial charge >= 0.3 is 0 Å². The van der Waals surface area contributed by atoms with Gasteiger partial charge in [-0.15, -0.1) is 0 Å². The molecule has 0 saturated carbocycles. The third kappa shape index (κ3) is 2.42. The molecule has 0 radical (unpaired) electrons. The van der Waals surface area contributed by atoms with Crippen molar-refractivity contribution < 1.29 is 4.79 Å². The molecule has 0 atom stereocenters. The van der Waals surface area contributed by atoms with Crippen LogP contribution in [0, 0.1) is 0 Å². The molecule has 0 saturated heterocycles. The lowest BCUT2D eigenvalue weighted by Crippen LogP contribution is -2.24. The van der Waals surface area contributed by atoms with Crippen molar-refractivity contribution >= 4 is 33.5 Å². The molecular formula is C21H18N6O2. The van der Waals surface area contributed by atoms with E-state index in [0.29, 0.717) is 46.1 Å². The minimum absolute atomic E-state index is 0.236. The number of aryl methyl sites for hydroxylation is 2. The molecule has 0 bridgehead atoms. The molecule has 4 heterocycles. The summed E-state index contributed by atoms with van der Waals surface area (Å²) in [6.45, 7) is 4.56. The molecule has 0 N–H and O–H groups in total. The predicted octanol–water partition coefficient (Wildman–Crippen LogP) is 2.66. The van der Waals surface area contributed by atoms with Crippen molar-refractivity contribution in [1.82, 2.24) is 28.9 Å². The first-order chi connectivity index (χ1) is 14.1. The van der Waals surface area contributed by atoms with Gasteiger partial charge in [0.15, 0.2) is 5.65 Å². The van der Waals surface area contributed by atoms with Crippen LogP contribution in [0.3, 0.4) is 0 Å². The molecule has 0 aliphatic heterocycles. The third-order valence-electron chi connectivity index (χ3n) is 5.14. The van der Waals surface area contributed by atoms with Gasteiger partial charge in [0.1, 0.15) is 5.65 Å². The highest BCUT2D eigenvalue weighted by atomic mass is 16.2. The van der Waals surface area contributed by atoms with Crippen LogP contribution in [0.1, 0.15) is 29.9 Å².